The predicted molar refractivity (Wildman–Crippen MR) is 99.5 cm³/mol. The molecule has 0 saturated carbocycles. The van der Waals surface area contributed by atoms with Crippen LogP contribution in [0.25, 0.3) is 0 Å². The van der Waals surface area contributed by atoms with Gasteiger partial charge in [-0.25, -0.2) is 0 Å². The lowest BCUT2D eigenvalue weighted by atomic mass is 9.80. The van der Waals surface area contributed by atoms with Crippen LogP contribution in [0.5, 0.6) is 0 Å². The van der Waals surface area contributed by atoms with E-state index in [1.807, 2.05) is 0 Å². The first kappa shape index (κ1) is 16.0. The third-order valence-electron chi connectivity index (χ3n) is 4.95. The second-order valence-corrected chi connectivity index (χ2v) is 6.63. The largest absolute Gasteiger partial charge is 0.280 e. The van der Waals surface area contributed by atoms with E-state index in [0.717, 1.165) is 0 Å². The normalized spacial score (nSPS) is 20.0. The molecule has 0 radical (unpaired) electrons. The molecule has 0 spiro atoms. The first-order valence-electron chi connectivity index (χ1n) is 9.03. The Balaban J connectivity index is 1.89. The fourth-order valence-corrected chi connectivity index (χ4v) is 3.67. The standard InChI is InChI=1S/C22H27N/c1-3-4-5-9-14-19-17(2)23-22(18-12-7-6-8-13-18)21-16-11-10-15-20(19)21/h6-8,10-13,15-17,19H,3-5,9,14H2,1-2H3/t17?,19-/m0/s1. The minimum absolute atomic E-state index is 0.363. The zero-order valence-corrected chi connectivity index (χ0v) is 14.3. The molecule has 0 N–H and O–H groups in total. The van der Waals surface area contributed by atoms with E-state index < -0.39 is 0 Å². The summed E-state index contributed by atoms with van der Waals surface area (Å²) in [5, 5.41) is 0. The molecule has 0 fully saturated rings. The van der Waals surface area contributed by atoms with Gasteiger partial charge in [-0.3, -0.25) is 4.99 Å². The van der Waals surface area contributed by atoms with Gasteiger partial charge in [0, 0.05) is 17.0 Å². The highest BCUT2D eigenvalue weighted by Crippen LogP contribution is 2.35. The van der Waals surface area contributed by atoms with E-state index >= 15 is 0 Å². The van der Waals surface area contributed by atoms with Crippen molar-refractivity contribution in [3.8, 4) is 0 Å². The lowest BCUT2D eigenvalue weighted by Crippen LogP contribution is -2.24. The van der Waals surface area contributed by atoms with Crippen molar-refractivity contribution in [2.75, 3.05) is 0 Å². The molecule has 0 aromatic heterocycles. The number of aliphatic imine (C=N–C) groups is 1. The van der Waals surface area contributed by atoms with Gasteiger partial charge in [0.05, 0.1) is 11.8 Å². The van der Waals surface area contributed by atoms with Gasteiger partial charge >= 0.3 is 0 Å². The average Bonchev–Trinajstić information content (AvgIpc) is 2.60. The van der Waals surface area contributed by atoms with Gasteiger partial charge in [0.25, 0.3) is 0 Å². The van der Waals surface area contributed by atoms with E-state index in [-0.39, 0.29) is 0 Å². The monoisotopic (exact) mass is 305 g/mol. The Kier molecular flexibility index (Phi) is 5.27. The molecule has 1 heteroatoms. The molecule has 0 aliphatic carbocycles. The molecule has 0 bridgehead atoms. The molecule has 2 aromatic rings. The molecule has 120 valence electrons. The van der Waals surface area contributed by atoms with Crippen LogP contribution < -0.4 is 0 Å². The molecule has 1 heterocycles. The fourth-order valence-electron chi connectivity index (χ4n) is 3.67. The summed E-state index contributed by atoms with van der Waals surface area (Å²) < 4.78 is 0. The summed E-state index contributed by atoms with van der Waals surface area (Å²) in [6.45, 7) is 4.55. The number of rotatable bonds is 6. The lowest BCUT2D eigenvalue weighted by molar-refractivity contribution is 0.490. The Morgan fingerprint density at radius 3 is 2.39 bits per heavy atom. The van der Waals surface area contributed by atoms with Crippen LogP contribution in [0.3, 0.4) is 0 Å². The van der Waals surface area contributed by atoms with Gasteiger partial charge in [-0.05, 0) is 18.9 Å². The number of hydrogen-bond donors (Lipinski definition) is 0. The highest BCUT2D eigenvalue weighted by Gasteiger charge is 2.28. The third-order valence-corrected chi connectivity index (χ3v) is 4.95. The van der Waals surface area contributed by atoms with E-state index in [1.165, 1.54) is 54.5 Å². The van der Waals surface area contributed by atoms with Crippen LogP contribution in [-0.4, -0.2) is 11.8 Å². The highest BCUT2D eigenvalue weighted by molar-refractivity contribution is 6.14. The van der Waals surface area contributed by atoms with Crippen molar-refractivity contribution in [1.29, 1.82) is 0 Å². The van der Waals surface area contributed by atoms with Gasteiger partial charge in [0.2, 0.25) is 0 Å². The summed E-state index contributed by atoms with van der Waals surface area (Å²) in [6, 6.07) is 19.8. The molecular weight excluding hydrogens is 278 g/mol. The zero-order valence-electron chi connectivity index (χ0n) is 14.3. The van der Waals surface area contributed by atoms with Gasteiger partial charge in [0.15, 0.2) is 0 Å². The molecule has 23 heavy (non-hydrogen) atoms. The molecule has 1 unspecified atom stereocenters. The number of nitrogens with zero attached hydrogens (tertiary/aromatic N) is 1. The van der Waals surface area contributed by atoms with E-state index in [2.05, 4.69) is 68.4 Å². The van der Waals surface area contributed by atoms with Gasteiger partial charge < -0.3 is 0 Å². The van der Waals surface area contributed by atoms with Crippen LogP contribution in [-0.2, 0) is 0 Å². The summed E-state index contributed by atoms with van der Waals surface area (Å²) in [7, 11) is 0. The predicted octanol–water partition coefficient (Wildman–Crippen LogP) is 5.98. The van der Waals surface area contributed by atoms with E-state index in [9.17, 15) is 0 Å². The summed E-state index contributed by atoms with van der Waals surface area (Å²) in [6.07, 6.45) is 6.56. The smallest absolute Gasteiger partial charge is 0.0725 e. The summed E-state index contributed by atoms with van der Waals surface area (Å²) in [4.78, 5) is 5.09. The molecule has 0 amide bonds. The van der Waals surface area contributed by atoms with Crippen LogP contribution in [0, 0.1) is 0 Å². The molecule has 2 aromatic carbocycles. The quantitative estimate of drug-likeness (QED) is 0.582. The number of unbranched alkanes of at least 4 members (excludes halogenated alkanes) is 3. The van der Waals surface area contributed by atoms with Crippen molar-refractivity contribution in [2.45, 2.75) is 57.9 Å². The third kappa shape index (κ3) is 3.55. The first-order valence-corrected chi connectivity index (χ1v) is 9.03. The Morgan fingerprint density at radius 2 is 1.61 bits per heavy atom. The van der Waals surface area contributed by atoms with Crippen molar-refractivity contribution in [3.63, 3.8) is 0 Å². The number of benzene rings is 2. The van der Waals surface area contributed by atoms with Gasteiger partial charge in [-0.1, -0.05) is 87.2 Å². The van der Waals surface area contributed by atoms with E-state index in [4.69, 9.17) is 4.99 Å². The maximum atomic E-state index is 5.09. The zero-order chi connectivity index (χ0) is 16.1. The van der Waals surface area contributed by atoms with Gasteiger partial charge in [-0.15, -0.1) is 0 Å². The SMILES string of the molecule is CCCCCC[C@@H]1c2ccccc2C(c2ccccc2)=NC1C. The second-order valence-electron chi connectivity index (χ2n) is 6.63. The maximum Gasteiger partial charge on any atom is 0.0725 e. The molecule has 3 rings (SSSR count). The average molecular weight is 305 g/mol. The Hall–Kier alpha value is -1.89. The summed E-state index contributed by atoms with van der Waals surface area (Å²) >= 11 is 0. The van der Waals surface area contributed by atoms with E-state index in [0.29, 0.717) is 12.0 Å². The summed E-state index contributed by atoms with van der Waals surface area (Å²) in [5.74, 6) is 0.565. The van der Waals surface area contributed by atoms with Crippen molar-refractivity contribution >= 4 is 5.71 Å². The number of hydrogen-bond acceptors (Lipinski definition) is 1. The van der Waals surface area contributed by atoms with Crippen molar-refractivity contribution < 1.29 is 0 Å². The van der Waals surface area contributed by atoms with Gasteiger partial charge in [0.1, 0.15) is 0 Å². The van der Waals surface area contributed by atoms with Crippen LogP contribution in [0.1, 0.15) is 68.6 Å². The topological polar surface area (TPSA) is 12.4 Å². The van der Waals surface area contributed by atoms with Crippen molar-refractivity contribution in [3.05, 3.63) is 71.3 Å². The Labute approximate surface area is 140 Å². The molecule has 1 aliphatic rings. The second kappa shape index (κ2) is 7.59. The molecule has 1 aliphatic heterocycles. The molecular formula is C22H27N. The molecule has 1 nitrogen and oxygen atoms in total. The number of fused-ring (bicyclic) bond motifs is 1. The van der Waals surface area contributed by atoms with Crippen LogP contribution >= 0.6 is 0 Å². The maximum absolute atomic E-state index is 5.09. The Bertz CT molecular complexity index is 657. The Morgan fingerprint density at radius 1 is 0.870 bits per heavy atom. The molecule has 2 atom stereocenters. The minimum Gasteiger partial charge on any atom is -0.280 e. The highest BCUT2D eigenvalue weighted by atomic mass is 14.8. The lowest BCUT2D eigenvalue weighted by Gasteiger charge is -2.30. The molecule has 0 saturated heterocycles. The summed E-state index contributed by atoms with van der Waals surface area (Å²) in [5.41, 5.74) is 5.22. The van der Waals surface area contributed by atoms with Crippen LogP contribution in [0.15, 0.2) is 59.6 Å². The van der Waals surface area contributed by atoms with Gasteiger partial charge in [-0.2, -0.15) is 0 Å². The van der Waals surface area contributed by atoms with Crippen molar-refractivity contribution in [2.24, 2.45) is 4.99 Å². The first-order chi connectivity index (χ1) is 11.3. The minimum atomic E-state index is 0.363. The van der Waals surface area contributed by atoms with Crippen molar-refractivity contribution in [1.82, 2.24) is 0 Å². The van der Waals surface area contributed by atoms with Crippen LogP contribution in [0.2, 0.25) is 0 Å². The fraction of sp³-hybridized carbons (Fsp3) is 0.409. The van der Waals surface area contributed by atoms with Crippen LogP contribution in [0.4, 0.5) is 0 Å². The van der Waals surface area contributed by atoms with E-state index in [1.54, 1.807) is 0 Å².